The summed E-state index contributed by atoms with van der Waals surface area (Å²) < 4.78 is 11.4. The molecule has 0 aliphatic heterocycles. The van der Waals surface area contributed by atoms with Gasteiger partial charge < -0.3 is 15.3 Å². The van der Waals surface area contributed by atoms with Crippen LogP contribution in [0.1, 0.15) is 110 Å². The van der Waals surface area contributed by atoms with E-state index in [0.29, 0.717) is 89.4 Å². The first kappa shape index (κ1) is 46.7. The van der Waals surface area contributed by atoms with Crippen molar-refractivity contribution in [1.29, 1.82) is 0 Å². The summed E-state index contributed by atoms with van der Waals surface area (Å²) in [4.78, 5) is 32.8. The normalized spacial score (nSPS) is 11.5. The van der Waals surface area contributed by atoms with Crippen molar-refractivity contribution in [1.82, 2.24) is 13.7 Å². The zero-order valence-corrected chi connectivity index (χ0v) is 37.0. The molecule has 1 aromatic carbocycles. The maximum Gasteiger partial charge on any atom is 0.303 e. The highest BCUT2D eigenvalue weighted by Crippen LogP contribution is 2.31. The van der Waals surface area contributed by atoms with Gasteiger partial charge >= 0.3 is 17.9 Å². The highest BCUT2D eigenvalue weighted by molar-refractivity contribution is 6.40. The van der Waals surface area contributed by atoms with Gasteiger partial charge in [-0.2, -0.15) is 0 Å². The highest BCUT2D eigenvalue weighted by Gasteiger charge is 2.29. The summed E-state index contributed by atoms with van der Waals surface area (Å²) in [6.07, 6.45) is 12.3. The maximum atomic E-state index is 10.9. The van der Waals surface area contributed by atoms with Crippen molar-refractivity contribution < 1.29 is 43.4 Å². The average molecular weight is 913 g/mol. The first-order valence-corrected chi connectivity index (χ1v) is 21.3. The van der Waals surface area contributed by atoms with Crippen LogP contribution in [-0.4, -0.2) is 46.9 Å². The molecule has 0 saturated heterocycles. The molecule has 12 nitrogen and oxygen atoms in total. The zero-order chi connectivity index (χ0) is 42.0. The van der Waals surface area contributed by atoms with Crippen LogP contribution in [0.5, 0.6) is 0 Å². The molecule has 18 heteroatoms. The number of aryl methyl sites for hydroxylation is 3. The molecule has 57 heavy (non-hydrogen) atoms. The Labute approximate surface area is 363 Å². The molecule has 0 aliphatic rings. The molecule has 0 amide bonds. The average Bonchev–Trinajstić information content (AvgIpc) is 3.69. The number of nitrogens with zero attached hydrogens (tertiary/aromatic N) is 6. The van der Waals surface area contributed by atoms with Gasteiger partial charge in [0.25, 0.3) is 30.9 Å². The Morgan fingerprint density at radius 1 is 0.456 bits per heavy atom. The number of hydrogen-bond donors (Lipinski definition) is 3. The number of rotatable bonds is 24. The lowest BCUT2D eigenvalue weighted by Gasteiger charge is -2.20. The molecule has 0 saturated carbocycles. The second-order valence-corrected chi connectivity index (χ2v) is 16.6. The van der Waals surface area contributed by atoms with E-state index in [1.807, 2.05) is 46.4 Å². The van der Waals surface area contributed by atoms with Crippen molar-refractivity contribution in [2.75, 3.05) is 0 Å². The minimum atomic E-state index is -0.810. The zero-order valence-electron chi connectivity index (χ0n) is 32.5. The van der Waals surface area contributed by atoms with Crippen LogP contribution in [0.2, 0.25) is 30.9 Å². The van der Waals surface area contributed by atoms with E-state index in [1.54, 1.807) is 0 Å². The number of carboxylic acid groups (broad SMARTS) is 3. The van der Waals surface area contributed by atoms with Crippen molar-refractivity contribution in [2.24, 2.45) is 0 Å². The minimum Gasteiger partial charge on any atom is -0.481 e. The van der Waals surface area contributed by atoms with Gasteiger partial charge in [-0.3, -0.25) is 14.4 Å². The van der Waals surface area contributed by atoms with E-state index in [2.05, 4.69) is 20.8 Å². The third kappa shape index (κ3) is 12.5. The van der Waals surface area contributed by atoms with Crippen LogP contribution in [-0.2, 0) is 53.7 Å². The monoisotopic (exact) mass is 909 g/mol. The van der Waals surface area contributed by atoms with E-state index in [4.69, 9.17) is 84.9 Å². The molecule has 3 aromatic heterocycles. The van der Waals surface area contributed by atoms with Gasteiger partial charge in [-0.1, -0.05) is 0 Å². The number of hydrogen-bond acceptors (Lipinski definition) is 3. The number of carbonyl (C=O) groups is 3. The highest BCUT2D eigenvalue weighted by atomic mass is 35.5. The Hall–Kier alpha value is -3.00. The lowest BCUT2D eigenvalue weighted by molar-refractivity contribution is -0.687. The van der Waals surface area contributed by atoms with Crippen LogP contribution in [0.15, 0.2) is 19.0 Å². The third-order valence-corrected chi connectivity index (χ3v) is 13.1. The summed E-state index contributed by atoms with van der Waals surface area (Å²) in [5, 5.41) is 29.3. The molecule has 4 rings (SSSR count). The van der Waals surface area contributed by atoms with Crippen LogP contribution < -0.4 is 13.7 Å². The Morgan fingerprint density at radius 3 is 0.930 bits per heavy atom. The molecular formula is C39H51Cl6N6O6+3. The van der Waals surface area contributed by atoms with Gasteiger partial charge in [0.1, 0.15) is 19.6 Å². The number of aromatic nitrogens is 6. The van der Waals surface area contributed by atoms with E-state index in [-0.39, 0.29) is 19.3 Å². The number of aliphatic carboxylic acids is 3. The van der Waals surface area contributed by atoms with E-state index < -0.39 is 17.9 Å². The molecule has 0 spiro atoms. The summed E-state index contributed by atoms with van der Waals surface area (Å²) >= 11 is 40.7. The van der Waals surface area contributed by atoms with Crippen molar-refractivity contribution >= 4 is 87.5 Å². The molecule has 0 atom stereocenters. The molecule has 4 aromatic rings. The number of carboxylic acids is 3. The summed E-state index contributed by atoms with van der Waals surface area (Å²) in [7, 11) is 0. The van der Waals surface area contributed by atoms with Crippen LogP contribution >= 0.6 is 69.6 Å². The maximum absolute atomic E-state index is 10.9. The van der Waals surface area contributed by atoms with E-state index in [9.17, 15) is 14.4 Å². The number of unbranched alkanes of at least 4 members (excludes halogenated alkanes) is 6. The second-order valence-electron chi connectivity index (χ2n) is 14.5. The summed E-state index contributed by atoms with van der Waals surface area (Å²) in [5.41, 5.74) is 6.24. The third-order valence-electron chi connectivity index (χ3n) is 10.4. The molecule has 0 bridgehead atoms. The van der Waals surface area contributed by atoms with Gasteiger partial charge in [0.15, 0.2) is 0 Å². The van der Waals surface area contributed by atoms with Crippen LogP contribution in [0.4, 0.5) is 0 Å². The predicted octanol–water partition coefficient (Wildman–Crippen LogP) is 8.88. The molecular weight excluding hydrogens is 861 g/mol. The SMILES string of the molecule is Cc1c(C[n+]2cn(CCCCCC(=O)O)c(Cl)c2Cl)c(C)c(C[n+]2cn(CCCCCC(=O)O)c(Cl)c2Cl)c(C)c1C[n+]1cn(CCCCCC(=O)O)c(Cl)c1Cl. The fraction of sp³-hybridized carbons (Fsp3) is 0.538. The van der Waals surface area contributed by atoms with E-state index in [0.717, 1.165) is 71.9 Å². The topological polar surface area (TPSA) is 138 Å². The van der Waals surface area contributed by atoms with Crippen molar-refractivity contribution in [3.63, 3.8) is 0 Å². The fourth-order valence-electron chi connectivity index (χ4n) is 7.14. The van der Waals surface area contributed by atoms with Crippen LogP contribution in [0, 0.1) is 20.8 Å². The Kier molecular flexibility index (Phi) is 17.9. The van der Waals surface area contributed by atoms with Gasteiger partial charge in [-0.25, -0.2) is 27.4 Å². The molecule has 0 radical (unpaired) electrons. The number of benzene rings is 1. The van der Waals surface area contributed by atoms with Gasteiger partial charge in [0.2, 0.25) is 19.0 Å². The van der Waals surface area contributed by atoms with Crippen molar-refractivity contribution in [3.8, 4) is 0 Å². The molecule has 3 N–H and O–H groups in total. The first-order valence-electron chi connectivity index (χ1n) is 19.1. The second kappa shape index (κ2) is 21.8. The lowest BCUT2D eigenvalue weighted by Crippen LogP contribution is -2.38. The Balaban J connectivity index is 1.70. The number of halogens is 6. The van der Waals surface area contributed by atoms with E-state index in [1.165, 1.54) is 0 Å². The van der Waals surface area contributed by atoms with Crippen molar-refractivity contribution in [3.05, 3.63) is 83.3 Å². The largest absolute Gasteiger partial charge is 0.481 e. The lowest BCUT2D eigenvalue weighted by atomic mass is 9.87. The Morgan fingerprint density at radius 2 is 0.702 bits per heavy atom. The van der Waals surface area contributed by atoms with Gasteiger partial charge in [0.05, 0.1) is 19.6 Å². The summed E-state index contributed by atoms with van der Waals surface area (Å²) in [5.74, 6) is -2.43. The summed E-state index contributed by atoms with van der Waals surface area (Å²) in [6, 6.07) is 0. The van der Waals surface area contributed by atoms with Gasteiger partial charge in [0, 0.05) is 36.0 Å². The smallest absolute Gasteiger partial charge is 0.303 e. The number of imidazole rings is 3. The minimum absolute atomic E-state index is 0.126. The predicted molar refractivity (Wildman–Crippen MR) is 220 cm³/mol. The van der Waals surface area contributed by atoms with Crippen LogP contribution in [0.25, 0.3) is 0 Å². The van der Waals surface area contributed by atoms with Crippen LogP contribution in [0.3, 0.4) is 0 Å². The molecule has 0 fully saturated rings. The molecule has 0 aliphatic carbocycles. The van der Waals surface area contributed by atoms with Crippen molar-refractivity contribution in [2.45, 2.75) is 137 Å². The summed E-state index contributed by atoms with van der Waals surface area (Å²) in [6.45, 7) is 9.25. The molecule has 312 valence electrons. The molecule has 3 heterocycles. The van der Waals surface area contributed by atoms with Gasteiger partial charge in [-0.15, -0.1) is 0 Å². The molecule has 0 unspecified atom stereocenters. The first-order chi connectivity index (χ1) is 27.0. The van der Waals surface area contributed by atoms with Gasteiger partial charge in [-0.05, 0) is 165 Å². The fourth-order valence-corrected chi connectivity index (χ4v) is 8.48. The van der Waals surface area contributed by atoms with E-state index >= 15 is 0 Å². The quantitative estimate of drug-likeness (QED) is 0.0475. The standard InChI is InChI=1S/C39H48Cl6N6O6/c1-25-28(19-49-22-46(34(40)37(49)43)16-10-4-7-13-31(52)53)26(2)30(21-51-24-48(36(42)39(51)45)18-12-6-9-15-33(56)57)27(3)29(25)20-50-23-47(35(41)38(50)44)17-11-5-8-14-32(54)55/h22-24H,4-21H2,1-3H3/p+3. The Bertz CT molecular complexity index is 1830.